The quantitative estimate of drug-likeness (QED) is 0.176. The van der Waals surface area contributed by atoms with Gasteiger partial charge in [0.25, 0.3) is 11.8 Å². The molecule has 2 aliphatic heterocycles. The highest BCUT2D eigenvalue weighted by atomic mass is 16.2. The van der Waals surface area contributed by atoms with Crippen molar-refractivity contribution in [3.8, 4) is 0 Å². The van der Waals surface area contributed by atoms with Crippen molar-refractivity contribution in [1.29, 1.82) is 0 Å². The molecule has 2 aliphatic rings. The number of anilines is 4. The van der Waals surface area contributed by atoms with Crippen molar-refractivity contribution in [2.24, 2.45) is 0 Å². The molecular weight excluding hydrogens is 625 g/mol. The zero-order valence-electron chi connectivity index (χ0n) is 28.8. The number of carbonyl (C=O) groups is 2. The summed E-state index contributed by atoms with van der Waals surface area (Å²) in [7, 11) is 0. The van der Waals surface area contributed by atoms with Crippen molar-refractivity contribution in [1.82, 2.24) is 0 Å². The lowest BCUT2D eigenvalue weighted by atomic mass is 9.62. The standard InChI is InChI=1S/C47H36N2O2/c1-46(2,3)31-25-27-34(28-26-31)48-44(50)36-20-14-19-35-40(30-29-37(43(35)36)45(48)51)49-41-23-12-10-21-38(41)47(32-15-6-4-7-16-32,33-17-8-5-9-18-33)39-22-11-13-24-42(39)49/h4-30H,1-3H3. The highest BCUT2D eigenvalue weighted by Crippen LogP contribution is 2.58. The number of para-hydroxylation sites is 2. The normalized spacial score (nSPS) is 14.7. The first kappa shape index (κ1) is 30.8. The summed E-state index contributed by atoms with van der Waals surface area (Å²) in [5.74, 6) is -0.629. The fraction of sp³-hybridized carbons (Fsp3) is 0.106. The number of nitrogens with zero attached hydrogens (tertiary/aromatic N) is 2. The van der Waals surface area contributed by atoms with Crippen LogP contribution in [-0.2, 0) is 10.8 Å². The largest absolute Gasteiger partial charge is 0.309 e. The molecule has 2 amide bonds. The lowest BCUT2D eigenvalue weighted by Gasteiger charge is -2.46. The van der Waals surface area contributed by atoms with Crippen molar-refractivity contribution in [2.75, 3.05) is 9.80 Å². The van der Waals surface area contributed by atoms with Crippen LogP contribution in [0.25, 0.3) is 10.8 Å². The summed E-state index contributed by atoms with van der Waals surface area (Å²) < 4.78 is 0. The molecule has 0 fully saturated rings. The molecule has 4 nitrogen and oxygen atoms in total. The van der Waals surface area contributed by atoms with Crippen molar-refractivity contribution in [2.45, 2.75) is 31.6 Å². The van der Waals surface area contributed by atoms with E-state index in [-0.39, 0.29) is 17.2 Å². The van der Waals surface area contributed by atoms with Gasteiger partial charge in [0, 0.05) is 21.9 Å². The Labute approximate surface area is 298 Å². The summed E-state index contributed by atoms with van der Waals surface area (Å²) in [6, 6.07) is 56.2. The molecule has 0 bridgehead atoms. The van der Waals surface area contributed by atoms with Gasteiger partial charge < -0.3 is 4.90 Å². The molecule has 2 heterocycles. The van der Waals surface area contributed by atoms with E-state index < -0.39 is 5.41 Å². The van der Waals surface area contributed by atoms with Crippen LogP contribution in [0, 0.1) is 0 Å². The number of rotatable bonds is 4. The second kappa shape index (κ2) is 11.4. The van der Waals surface area contributed by atoms with E-state index in [4.69, 9.17) is 0 Å². The van der Waals surface area contributed by atoms with Crippen LogP contribution < -0.4 is 9.80 Å². The maximum absolute atomic E-state index is 14.3. The molecule has 0 N–H and O–H groups in total. The minimum absolute atomic E-state index is 0.0451. The predicted molar refractivity (Wildman–Crippen MR) is 207 cm³/mol. The Morgan fingerprint density at radius 2 is 0.961 bits per heavy atom. The summed E-state index contributed by atoms with van der Waals surface area (Å²) in [6.07, 6.45) is 0. The van der Waals surface area contributed by atoms with Crippen molar-refractivity contribution in [3.63, 3.8) is 0 Å². The third-order valence-electron chi connectivity index (χ3n) is 10.6. The molecule has 0 unspecified atom stereocenters. The number of benzene rings is 7. The van der Waals surface area contributed by atoms with Crippen LogP contribution in [0.1, 0.15) is 69.3 Å². The highest BCUT2D eigenvalue weighted by molar-refractivity contribution is 6.36. The van der Waals surface area contributed by atoms with Gasteiger partial charge in [0.2, 0.25) is 0 Å². The topological polar surface area (TPSA) is 40.6 Å². The Balaban J connectivity index is 1.26. The first-order valence-electron chi connectivity index (χ1n) is 17.5. The lowest BCUT2D eigenvalue weighted by Crippen LogP contribution is -2.40. The van der Waals surface area contributed by atoms with E-state index >= 15 is 0 Å². The van der Waals surface area contributed by atoms with E-state index in [1.54, 1.807) is 0 Å². The fourth-order valence-electron chi connectivity index (χ4n) is 8.29. The van der Waals surface area contributed by atoms with Crippen molar-refractivity contribution < 1.29 is 9.59 Å². The summed E-state index contributed by atoms with van der Waals surface area (Å²) in [4.78, 5) is 32.2. The van der Waals surface area contributed by atoms with Gasteiger partial charge in [0.15, 0.2) is 0 Å². The molecule has 246 valence electrons. The summed E-state index contributed by atoms with van der Waals surface area (Å²) in [5, 5.41) is 1.54. The van der Waals surface area contributed by atoms with Crippen LogP contribution in [-0.4, -0.2) is 11.8 Å². The first-order chi connectivity index (χ1) is 24.8. The Hall–Kier alpha value is -6.26. The Morgan fingerprint density at radius 3 is 1.51 bits per heavy atom. The zero-order chi connectivity index (χ0) is 34.9. The molecule has 4 heteroatoms. The number of hydrogen-bond donors (Lipinski definition) is 0. The van der Waals surface area contributed by atoms with E-state index in [2.05, 4.69) is 135 Å². The fourth-order valence-corrected chi connectivity index (χ4v) is 8.29. The highest BCUT2D eigenvalue weighted by Gasteiger charge is 2.46. The minimum Gasteiger partial charge on any atom is -0.309 e. The third kappa shape index (κ3) is 4.46. The van der Waals surface area contributed by atoms with Crippen LogP contribution in [0.3, 0.4) is 0 Å². The second-order valence-corrected chi connectivity index (χ2v) is 14.5. The van der Waals surface area contributed by atoms with Gasteiger partial charge in [-0.25, -0.2) is 4.90 Å². The molecule has 0 atom stereocenters. The molecular formula is C47H36N2O2. The molecule has 9 rings (SSSR count). The Kier molecular flexibility index (Phi) is 6.88. The number of carbonyl (C=O) groups excluding carboxylic acids is 2. The van der Waals surface area contributed by atoms with Crippen molar-refractivity contribution in [3.05, 3.63) is 203 Å². The molecule has 7 aromatic carbocycles. The molecule has 0 saturated carbocycles. The summed E-state index contributed by atoms with van der Waals surface area (Å²) in [6.45, 7) is 6.45. The van der Waals surface area contributed by atoms with Crippen LogP contribution in [0.2, 0.25) is 0 Å². The predicted octanol–water partition coefficient (Wildman–Crippen LogP) is 11.1. The molecule has 0 aliphatic carbocycles. The van der Waals surface area contributed by atoms with Gasteiger partial charge in [-0.15, -0.1) is 0 Å². The maximum atomic E-state index is 14.3. The van der Waals surface area contributed by atoms with Gasteiger partial charge in [-0.05, 0) is 75.7 Å². The SMILES string of the molecule is CC(C)(C)c1ccc(N2C(=O)c3cccc4c(N5c6ccccc6C(c6ccccc6)(c6ccccc6)c6ccccc65)ccc(c34)C2=O)cc1. The smallest absolute Gasteiger partial charge is 0.265 e. The van der Waals surface area contributed by atoms with E-state index in [9.17, 15) is 9.59 Å². The molecule has 0 radical (unpaired) electrons. The average molecular weight is 661 g/mol. The number of imide groups is 1. The zero-order valence-corrected chi connectivity index (χ0v) is 28.8. The van der Waals surface area contributed by atoms with Gasteiger partial charge in [0.1, 0.15) is 0 Å². The van der Waals surface area contributed by atoms with Crippen LogP contribution in [0.15, 0.2) is 164 Å². The Bertz CT molecular complexity index is 2380. The van der Waals surface area contributed by atoms with Gasteiger partial charge in [-0.1, -0.05) is 142 Å². The van der Waals surface area contributed by atoms with E-state index in [0.717, 1.165) is 39.1 Å². The average Bonchev–Trinajstić information content (AvgIpc) is 3.16. The third-order valence-corrected chi connectivity index (χ3v) is 10.6. The van der Waals surface area contributed by atoms with Gasteiger partial charge in [-0.3, -0.25) is 9.59 Å². The maximum Gasteiger partial charge on any atom is 0.265 e. The summed E-state index contributed by atoms with van der Waals surface area (Å²) in [5.41, 5.74) is 9.77. The van der Waals surface area contributed by atoms with E-state index in [0.29, 0.717) is 22.2 Å². The molecule has 0 spiro atoms. The van der Waals surface area contributed by atoms with Crippen molar-refractivity contribution >= 4 is 45.3 Å². The van der Waals surface area contributed by atoms with Gasteiger partial charge in [-0.2, -0.15) is 0 Å². The van der Waals surface area contributed by atoms with E-state index in [1.165, 1.54) is 16.0 Å². The lowest BCUT2D eigenvalue weighted by molar-refractivity contribution is 0.0893. The number of hydrogen-bond acceptors (Lipinski definition) is 3. The molecule has 0 aromatic heterocycles. The van der Waals surface area contributed by atoms with Crippen LogP contribution in [0.4, 0.5) is 22.7 Å². The minimum atomic E-state index is -0.590. The van der Waals surface area contributed by atoms with Crippen LogP contribution in [0.5, 0.6) is 0 Å². The molecule has 7 aromatic rings. The summed E-state index contributed by atoms with van der Waals surface area (Å²) >= 11 is 0. The van der Waals surface area contributed by atoms with Crippen LogP contribution >= 0.6 is 0 Å². The Morgan fingerprint density at radius 1 is 0.451 bits per heavy atom. The molecule has 51 heavy (non-hydrogen) atoms. The van der Waals surface area contributed by atoms with Gasteiger partial charge in [0.05, 0.1) is 28.2 Å². The molecule has 0 saturated heterocycles. The number of amides is 2. The van der Waals surface area contributed by atoms with E-state index in [1.807, 2.05) is 54.6 Å². The number of fused-ring (bicyclic) bond motifs is 2. The van der Waals surface area contributed by atoms with Gasteiger partial charge >= 0.3 is 0 Å². The second-order valence-electron chi connectivity index (χ2n) is 14.5. The monoisotopic (exact) mass is 660 g/mol. The first-order valence-corrected chi connectivity index (χ1v) is 17.5.